The van der Waals surface area contributed by atoms with Crippen molar-refractivity contribution < 1.29 is 14.2 Å². The van der Waals surface area contributed by atoms with E-state index >= 15 is 0 Å². The van der Waals surface area contributed by atoms with E-state index in [0.717, 1.165) is 18.8 Å². The van der Waals surface area contributed by atoms with Crippen LogP contribution in [0, 0.1) is 12.8 Å². The van der Waals surface area contributed by atoms with E-state index in [-0.39, 0.29) is 0 Å². The molecule has 4 nitrogen and oxygen atoms in total. The van der Waals surface area contributed by atoms with Gasteiger partial charge in [0.2, 0.25) is 0 Å². The van der Waals surface area contributed by atoms with Crippen LogP contribution in [0.1, 0.15) is 25.0 Å². The molecule has 0 saturated heterocycles. The van der Waals surface area contributed by atoms with Crippen LogP contribution in [0.3, 0.4) is 0 Å². The number of methoxy groups -OCH3 is 1. The minimum atomic E-state index is 0.559. The van der Waals surface area contributed by atoms with Gasteiger partial charge < -0.3 is 19.5 Å². The SMILES string of the molecule is COCCOCCOc1ccc(C)cc1CNCC(C)C. The standard InChI is InChI=1S/C17H29NO3/c1-14(2)12-18-13-16-11-15(3)5-6-17(16)21-10-9-20-8-7-19-4/h5-6,11,14,18H,7-10,12-13H2,1-4H3. The molecule has 21 heavy (non-hydrogen) atoms. The van der Waals surface area contributed by atoms with E-state index in [1.807, 2.05) is 6.07 Å². The van der Waals surface area contributed by atoms with Crippen molar-refractivity contribution in [1.82, 2.24) is 5.32 Å². The van der Waals surface area contributed by atoms with Crippen LogP contribution in [0.15, 0.2) is 18.2 Å². The highest BCUT2D eigenvalue weighted by Gasteiger charge is 2.05. The third-order valence-electron chi connectivity index (χ3n) is 3.00. The van der Waals surface area contributed by atoms with Gasteiger partial charge in [-0.1, -0.05) is 31.5 Å². The lowest BCUT2D eigenvalue weighted by atomic mass is 10.1. The van der Waals surface area contributed by atoms with Crippen LogP contribution >= 0.6 is 0 Å². The molecule has 120 valence electrons. The van der Waals surface area contributed by atoms with Gasteiger partial charge in [-0.2, -0.15) is 0 Å². The molecule has 0 aliphatic heterocycles. The van der Waals surface area contributed by atoms with Crippen LogP contribution in [0.5, 0.6) is 5.75 Å². The smallest absolute Gasteiger partial charge is 0.123 e. The molecule has 0 aliphatic rings. The zero-order valence-electron chi connectivity index (χ0n) is 13.8. The van der Waals surface area contributed by atoms with Gasteiger partial charge in [0, 0.05) is 19.2 Å². The molecule has 0 aromatic heterocycles. The first-order valence-corrected chi connectivity index (χ1v) is 7.63. The van der Waals surface area contributed by atoms with Gasteiger partial charge in [0.15, 0.2) is 0 Å². The predicted octanol–water partition coefficient (Wildman–Crippen LogP) is 2.78. The lowest BCUT2D eigenvalue weighted by Crippen LogP contribution is -2.20. The number of rotatable bonds is 11. The van der Waals surface area contributed by atoms with Crippen molar-refractivity contribution in [3.63, 3.8) is 0 Å². The lowest BCUT2D eigenvalue weighted by Gasteiger charge is -2.14. The molecule has 0 radical (unpaired) electrons. The van der Waals surface area contributed by atoms with E-state index in [4.69, 9.17) is 14.2 Å². The summed E-state index contributed by atoms with van der Waals surface area (Å²) in [5.41, 5.74) is 2.45. The quantitative estimate of drug-likeness (QED) is 0.637. The van der Waals surface area contributed by atoms with Crippen LogP contribution < -0.4 is 10.1 Å². The number of hydrogen-bond acceptors (Lipinski definition) is 4. The molecule has 1 N–H and O–H groups in total. The highest BCUT2D eigenvalue weighted by atomic mass is 16.5. The van der Waals surface area contributed by atoms with Crippen molar-refractivity contribution in [1.29, 1.82) is 0 Å². The van der Waals surface area contributed by atoms with Gasteiger partial charge in [-0.15, -0.1) is 0 Å². The summed E-state index contributed by atoms with van der Waals surface area (Å²) in [5.74, 6) is 1.58. The number of benzene rings is 1. The maximum Gasteiger partial charge on any atom is 0.123 e. The molecule has 1 aromatic rings. The second-order valence-electron chi connectivity index (χ2n) is 5.59. The molecule has 0 saturated carbocycles. The fourth-order valence-corrected chi connectivity index (χ4v) is 1.94. The topological polar surface area (TPSA) is 39.7 Å². The van der Waals surface area contributed by atoms with Crippen LogP contribution in [0.4, 0.5) is 0 Å². The van der Waals surface area contributed by atoms with Gasteiger partial charge in [0.1, 0.15) is 12.4 Å². The first-order valence-electron chi connectivity index (χ1n) is 7.63. The van der Waals surface area contributed by atoms with E-state index in [0.29, 0.717) is 32.3 Å². The van der Waals surface area contributed by atoms with E-state index < -0.39 is 0 Å². The average Bonchev–Trinajstić information content (AvgIpc) is 2.44. The molecule has 0 heterocycles. The summed E-state index contributed by atoms with van der Waals surface area (Å²) < 4.78 is 16.2. The largest absolute Gasteiger partial charge is 0.491 e. The Kier molecular flexibility index (Phi) is 9.06. The zero-order valence-corrected chi connectivity index (χ0v) is 13.8. The molecular formula is C17H29NO3. The monoisotopic (exact) mass is 295 g/mol. The molecule has 0 unspecified atom stereocenters. The molecular weight excluding hydrogens is 266 g/mol. The second-order valence-corrected chi connectivity index (χ2v) is 5.59. The summed E-state index contributed by atoms with van der Waals surface area (Å²) in [4.78, 5) is 0. The molecule has 0 spiro atoms. The van der Waals surface area contributed by atoms with Crippen molar-refractivity contribution >= 4 is 0 Å². The third kappa shape index (κ3) is 8.05. The van der Waals surface area contributed by atoms with Gasteiger partial charge in [0.25, 0.3) is 0 Å². The molecule has 1 aromatic carbocycles. The molecule has 0 bridgehead atoms. The summed E-state index contributed by atoms with van der Waals surface area (Å²) in [6.07, 6.45) is 0. The van der Waals surface area contributed by atoms with E-state index in [1.165, 1.54) is 11.1 Å². The van der Waals surface area contributed by atoms with Crippen LogP contribution in [-0.2, 0) is 16.0 Å². The van der Waals surface area contributed by atoms with Gasteiger partial charge in [-0.05, 0) is 25.5 Å². The number of nitrogens with one attached hydrogen (secondary N) is 1. The minimum Gasteiger partial charge on any atom is -0.491 e. The highest BCUT2D eigenvalue weighted by Crippen LogP contribution is 2.20. The Bertz CT molecular complexity index is 394. The van der Waals surface area contributed by atoms with Crippen molar-refractivity contribution in [3.05, 3.63) is 29.3 Å². The molecule has 0 aliphatic carbocycles. The highest BCUT2D eigenvalue weighted by molar-refractivity contribution is 5.36. The Morgan fingerprint density at radius 1 is 1.10 bits per heavy atom. The normalized spacial score (nSPS) is 11.1. The minimum absolute atomic E-state index is 0.559. The lowest BCUT2D eigenvalue weighted by molar-refractivity contribution is 0.0542. The molecule has 1 rings (SSSR count). The van der Waals surface area contributed by atoms with Crippen molar-refractivity contribution in [3.8, 4) is 5.75 Å². The van der Waals surface area contributed by atoms with Crippen LogP contribution in [-0.4, -0.2) is 40.1 Å². The fourth-order valence-electron chi connectivity index (χ4n) is 1.94. The molecule has 0 fully saturated rings. The predicted molar refractivity (Wildman–Crippen MR) is 85.9 cm³/mol. The number of hydrogen-bond donors (Lipinski definition) is 1. The maximum atomic E-state index is 5.82. The first kappa shape index (κ1) is 18.0. The van der Waals surface area contributed by atoms with E-state index in [2.05, 4.69) is 38.2 Å². The molecule has 0 atom stereocenters. The Hall–Kier alpha value is -1.10. The van der Waals surface area contributed by atoms with E-state index in [1.54, 1.807) is 7.11 Å². The zero-order chi connectivity index (χ0) is 15.5. The summed E-state index contributed by atoms with van der Waals surface area (Å²) in [6, 6.07) is 6.29. The number of ether oxygens (including phenoxy) is 3. The van der Waals surface area contributed by atoms with Gasteiger partial charge >= 0.3 is 0 Å². The molecule has 0 amide bonds. The fraction of sp³-hybridized carbons (Fsp3) is 0.647. The Morgan fingerprint density at radius 2 is 1.86 bits per heavy atom. The van der Waals surface area contributed by atoms with Crippen LogP contribution in [0.25, 0.3) is 0 Å². The first-order chi connectivity index (χ1) is 10.1. The van der Waals surface area contributed by atoms with E-state index in [9.17, 15) is 0 Å². The molecule has 4 heteroatoms. The maximum absolute atomic E-state index is 5.82. The van der Waals surface area contributed by atoms with Crippen molar-refractivity contribution in [2.24, 2.45) is 5.92 Å². The number of aryl methyl sites for hydroxylation is 1. The Labute approximate surface area is 128 Å². The summed E-state index contributed by atoms with van der Waals surface area (Å²) in [7, 11) is 1.67. The summed E-state index contributed by atoms with van der Waals surface area (Å²) in [6.45, 7) is 10.7. The third-order valence-corrected chi connectivity index (χ3v) is 3.00. The Balaban J connectivity index is 2.40. The van der Waals surface area contributed by atoms with Crippen LogP contribution in [0.2, 0.25) is 0 Å². The van der Waals surface area contributed by atoms with Gasteiger partial charge in [-0.25, -0.2) is 0 Å². The van der Waals surface area contributed by atoms with Crippen molar-refractivity contribution in [2.45, 2.75) is 27.3 Å². The summed E-state index contributed by atoms with van der Waals surface area (Å²) in [5, 5.41) is 3.46. The van der Waals surface area contributed by atoms with Crippen molar-refractivity contribution in [2.75, 3.05) is 40.1 Å². The second kappa shape index (κ2) is 10.6. The van der Waals surface area contributed by atoms with Gasteiger partial charge in [-0.3, -0.25) is 0 Å². The Morgan fingerprint density at radius 3 is 2.57 bits per heavy atom. The van der Waals surface area contributed by atoms with Gasteiger partial charge in [0.05, 0.1) is 19.8 Å². The average molecular weight is 295 g/mol. The summed E-state index contributed by atoms with van der Waals surface area (Å²) >= 11 is 0.